The minimum absolute atomic E-state index is 0.256. The molecule has 1 aromatic heterocycles. The zero-order valence-electron chi connectivity index (χ0n) is 9.64. The molecule has 20 heavy (non-hydrogen) atoms. The summed E-state index contributed by atoms with van der Waals surface area (Å²) in [6.07, 6.45) is -6.47. The van der Waals surface area contributed by atoms with Gasteiger partial charge in [0.05, 0.1) is 7.11 Å². The van der Waals surface area contributed by atoms with Crippen molar-refractivity contribution in [3.05, 3.63) is 29.6 Å². The van der Waals surface area contributed by atoms with E-state index in [4.69, 9.17) is 0 Å². The van der Waals surface area contributed by atoms with Crippen molar-refractivity contribution in [1.82, 2.24) is 4.98 Å². The smallest absolute Gasteiger partial charge is 0.460 e. The van der Waals surface area contributed by atoms with Crippen LogP contribution in [0.25, 0.3) is 0 Å². The van der Waals surface area contributed by atoms with Crippen LogP contribution in [0, 0.1) is 0 Å². The number of alkyl halides is 7. The van der Waals surface area contributed by atoms with Crippen LogP contribution in [0.3, 0.4) is 0 Å². The first-order chi connectivity index (χ1) is 8.95. The normalized spacial score (nSPS) is 13.2. The molecule has 0 spiro atoms. The summed E-state index contributed by atoms with van der Waals surface area (Å²) in [6.45, 7) is 0. The Balaban J connectivity index is 3.33. The first kappa shape index (κ1) is 16.2. The number of nitrogens with zero attached hydrogens (tertiary/aromatic N) is 1. The Morgan fingerprint density at radius 1 is 1.10 bits per heavy atom. The van der Waals surface area contributed by atoms with Crippen LogP contribution in [0.1, 0.15) is 16.2 Å². The average Bonchev–Trinajstić information content (AvgIpc) is 2.36. The molecule has 0 radical (unpaired) electrons. The molecule has 0 N–H and O–H groups in total. The van der Waals surface area contributed by atoms with Crippen molar-refractivity contribution < 1.29 is 40.3 Å². The second kappa shape index (κ2) is 4.91. The van der Waals surface area contributed by atoms with Gasteiger partial charge in [-0.2, -0.15) is 30.7 Å². The second-order valence-electron chi connectivity index (χ2n) is 3.55. The van der Waals surface area contributed by atoms with Gasteiger partial charge in [0, 0.05) is 0 Å². The Hall–Kier alpha value is -1.87. The lowest BCUT2D eigenvalue weighted by molar-refractivity contribution is -0.360. The van der Waals surface area contributed by atoms with E-state index in [0.717, 1.165) is 13.2 Å². The van der Waals surface area contributed by atoms with E-state index in [0.29, 0.717) is 6.07 Å². The Morgan fingerprint density at radius 3 is 2.10 bits per heavy atom. The Labute approximate surface area is 107 Å². The lowest BCUT2D eigenvalue weighted by Gasteiger charge is -2.27. The summed E-state index contributed by atoms with van der Waals surface area (Å²) in [4.78, 5) is 13.8. The largest absolute Gasteiger partial charge is 0.464 e. The van der Waals surface area contributed by atoms with E-state index >= 15 is 0 Å². The van der Waals surface area contributed by atoms with Crippen molar-refractivity contribution in [1.29, 1.82) is 0 Å². The maximum atomic E-state index is 13.3. The van der Waals surface area contributed by atoms with Gasteiger partial charge in [-0.15, -0.1) is 0 Å². The van der Waals surface area contributed by atoms with E-state index < -0.39 is 35.4 Å². The van der Waals surface area contributed by atoms with Crippen molar-refractivity contribution in [2.75, 3.05) is 7.11 Å². The molecule has 0 saturated carbocycles. The Bertz CT molecular complexity index is 513. The average molecular weight is 305 g/mol. The van der Waals surface area contributed by atoms with Gasteiger partial charge in [-0.3, -0.25) is 0 Å². The number of carbonyl (C=O) groups is 1. The fourth-order valence-corrected chi connectivity index (χ4v) is 1.17. The summed E-state index contributed by atoms with van der Waals surface area (Å²) in [7, 11) is 0.860. The van der Waals surface area contributed by atoms with Crippen molar-refractivity contribution in [3.8, 4) is 0 Å². The molecule has 1 heterocycles. The van der Waals surface area contributed by atoms with E-state index in [9.17, 15) is 35.5 Å². The van der Waals surface area contributed by atoms with Gasteiger partial charge in [0.15, 0.2) is 0 Å². The second-order valence-corrected chi connectivity index (χ2v) is 3.55. The van der Waals surface area contributed by atoms with Gasteiger partial charge in [0.25, 0.3) is 0 Å². The van der Waals surface area contributed by atoms with E-state index in [1.54, 1.807) is 0 Å². The quantitative estimate of drug-likeness (QED) is 0.636. The molecule has 1 aromatic rings. The first-order valence-electron chi connectivity index (χ1n) is 4.83. The predicted molar refractivity (Wildman–Crippen MR) is 50.5 cm³/mol. The molecule has 0 fully saturated rings. The van der Waals surface area contributed by atoms with Crippen molar-refractivity contribution >= 4 is 5.97 Å². The van der Waals surface area contributed by atoms with Crippen LogP contribution in [0.2, 0.25) is 0 Å². The minimum Gasteiger partial charge on any atom is -0.464 e. The van der Waals surface area contributed by atoms with Crippen LogP contribution >= 0.6 is 0 Å². The molecular weight excluding hydrogens is 299 g/mol. The molecule has 0 atom stereocenters. The maximum absolute atomic E-state index is 13.3. The first-order valence-corrected chi connectivity index (χ1v) is 4.83. The molecule has 0 amide bonds. The fourth-order valence-electron chi connectivity index (χ4n) is 1.17. The summed E-state index contributed by atoms with van der Waals surface area (Å²) >= 11 is 0. The van der Waals surface area contributed by atoms with Crippen LogP contribution in [-0.2, 0) is 10.7 Å². The van der Waals surface area contributed by atoms with Crippen LogP contribution in [-0.4, -0.2) is 30.2 Å². The van der Waals surface area contributed by atoms with E-state index in [1.807, 2.05) is 0 Å². The summed E-state index contributed by atoms with van der Waals surface area (Å²) in [5, 5.41) is 0. The number of aromatic nitrogens is 1. The lowest BCUT2D eigenvalue weighted by atomic mass is 10.1. The monoisotopic (exact) mass is 305 g/mol. The van der Waals surface area contributed by atoms with E-state index in [1.165, 1.54) is 0 Å². The molecular formula is C10H6F7NO2. The molecule has 112 valence electrons. The zero-order valence-corrected chi connectivity index (χ0v) is 9.64. The van der Waals surface area contributed by atoms with Crippen molar-refractivity contribution in [2.45, 2.75) is 18.0 Å². The van der Waals surface area contributed by atoms with Gasteiger partial charge >= 0.3 is 24.0 Å². The topological polar surface area (TPSA) is 39.2 Å². The molecule has 3 nitrogen and oxygen atoms in total. The summed E-state index contributed by atoms with van der Waals surface area (Å²) in [5.74, 6) is -13.2. The zero-order chi connectivity index (χ0) is 15.8. The van der Waals surface area contributed by atoms with Crippen LogP contribution in [0.4, 0.5) is 30.7 Å². The number of carbonyl (C=O) groups excluding carboxylic acids is 1. The number of methoxy groups -OCH3 is 1. The minimum atomic E-state index is -6.47. The standard InChI is InChI=1S/C10H6F7NO2/c1-20-7(19)5-3-2-4-6(18-5)8(11,12)9(13,14)10(15,16)17/h2-4H,1H3. The molecule has 0 unspecified atom stereocenters. The highest BCUT2D eigenvalue weighted by molar-refractivity contribution is 5.87. The highest BCUT2D eigenvalue weighted by Gasteiger charge is 2.74. The van der Waals surface area contributed by atoms with Crippen LogP contribution in [0.5, 0.6) is 0 Å². The van der Waals surface area contributed by atoms with E-state index in [2.05, 4.69) is 9.72 Å². The van der Waals surface area contributed by atoms with Crippen LogP contribution < -0.4 is 0 Å². The number of halogens is 7. The fraction of sp³-hybridized carbons (Fsp3) is 0.400. The highest BCUT2D eigenvalue weighted by Crippen LogP contribution is 2.51. The third-order valence-corrected chi connectivity index (χ3v) is 2.22. The van der Waals surface area contributed by atoms with E-state index in [-0.39, 0.29) is 6.07 Å². The summed E-state index contributed by atoms with van der Waals surface area (Å²) in [6, 6.07) is 1.78. The third-order valence-electron chi connectivity index (χ3n) is 2.22. The van der Waals surface area contributed by atoms with Gasteiger partial charge in [-0.25, -0.2) is 9.78 Å². The van der Waals surface area contributed by atoms with Gasteiger partial charge in [0.1, 0.15) is 11.4 Å². The molecule has 0 aromatic carbocycles. The number of pyridine rings is 1. The van der Waals surface area contributed by atoms with Gasteiger partial charge in [-0.1, -0.05) is 6.07 Å². The van der Waals surface area contributed by atoms with Gasteiger partial charge in [0.2, 0.25) is 0 Å². The lowest BCUT2D eigenvalue weighted by Crippen LogP contribution is -2.50. The summed E-state index contributed by atoms with van der Waals surface area (Å²) < 4.78 is 92.2. The van der Waals surface area contributed by atoms with Crippen LogP contribution in [0.15, 0.2) is 18.2 Å². The Morgan fingerprint density at radius 2 is 1.65 bits per heavy atom. The molecule has 0 bridgehead atoms. The molecule has 0 saturated heterocycles. The Kier molecular flexibility index (Phi) is 3.97. The van der Waals surface area contributed by atoms with Gasteiger partial charge < -0.3 is 4.74 Å². The number of rotatable bonds is 3. The number of hydrogen-bond acceptors (Lipinski definition) is 3. The molecule has 0 aliphatic heterocycles. The SMILES string of the molecule is COC(=O)c1cccc(C(F)(F)C(F)(F)C(F)(F)F)n1. The van der Waals surface area contributed by atoms with Gasteiger partial charge in [-0.05, 0) is 12.1 Å². The maximum Gasteiger partial charge on any atom is 0.460 e. The third kappa shape index (κ3) is 2.54. The predicted octanol–water partition coefficient (Wildman–Crippen LogP) is 3.16. The molecule has 10 heteroatoms. The molecule has 1 rings (SSSR count). The summed E-state index contributed by atoms with van der Waals surface area (Å²) in [5.41, 5.74) is -2.70. The molecule has 0 aliphatic rings. The highest BCUT2D eigenvalue weighted by atomic mass is 19.4. The number of ether oxygens (including phenoxy) is 1. The molecule has 0 aliphatic carbocycles. The van der Waals surface area contributed by atoms with Crippen molar-refractivity contribution in [3.63, 3.8) is 0 Å². The number of hydrogen-bond donors (Lipinski definition) is 0. The number of esters is 1. The van der Waals surface area contributed by atoms with Crippen molar-refractivity contribution in [2.24, 2.45) is 0 Å².